The van der Waals surface area contributed by atoms with Crippen LogP contribution in [0.5, 0.6) is 11.5 Å². The molecule has 0 fully saturated rings. The number of pyridine rings is 1. The van der Waals surface area contributed by atoms with Crippen molar-refractivity contribution >= 4 is 29.3 Å². The number of hydrogen-bond acceptors (Lipinski definition) is 5. The molecule has 11 heteroatoms. The predicted octanol–water partition coefficient (Wildman–Crippen LogP) is 5.37. The molecule has 1 aliphatic rings. The van der Waals surface area contributed by atoms with Crippen LogP contribution in [0.15, 0.2) is 57.1 Å². The fraction of sp³-hybridized carbons (Fsp3) is 0.217. The molecular weight excluding hydrogens is 493 g/mol. The maximum atomic E-state index is 13.4. The lowest BCUT2D eigenvalue weighted by Gasteiger charge is -2.18. The molecule has 0 atom stereocenters. The first-order valence-electron chi connectivity index (χ1n) is 9.92. The third kappa shape index (κ3) is 4.60. The second-order valence-electron chi connectivity index (χ2n) is 7.42. The van der Waals surface area contributed by atoms with Gasteiger partial charge in [0, 0.05) is 22.9 Å². The number of aromatic nitrogens is 1. The van der Waals surface area contributed by atoms with E-state index in [1.165, 1.54) is 19.1 Å². The molecule has 0 unspecified atom stereocenters. The molecule has 3 aromatic rings. The zero-order valence-corrected chi connectivity index (χ0v) is 19.5. The van der Waals surface area contributed by atoms with E-state index in [9.17, 15) is 22.8 Å². The number of alkyl halides is 3. The van der Waals surface area contributed by atoms with Crippen LogP contribution in [0.25, 0.3) is 0 Å². The van der Waals surface area contributed by atoms with Crippen molar-refractivity contribution in [1.29, 1.82) is 0 Å². The number of carbonyl (C=O) groups excluding carboxylic acids is 1. The fourth-order valence-corrected chi connectivity index (χ4v) is 4.90. The van der Waals surface area contributed by atoms with Crippen molar-refractivity contribution in [3.05, 3.63) is 80.2 Å². The first-order valence-corrected chi connectivity index (χ1v) is 11.1. The number of methoxy groups -OCH3 is 2. The normalized spacial score (nSPS) is 13.1. The van der Waals surface area contributed by atoms with Gasteiger partial charge in [0.1, 0.15) is 11.3 Å². The molecule has 0 saturated carbocycles. The molecular formula is C23H18ClF3N2O4S. The highest BCUT2D eigenvalue weighted by Crippen LogP contribution is 2.39. The number of amides is 1. The number of nitrogens with zero attached hydrogens (tertiary/aromatic N) is 1. The standard InChI is InChI=1S/C23H18ClF3N2O4S/c1-32-15-7-12-10-29(11-13(12)8-16(15)33-2)22(31)20-18(34-17-6-4-3-5-14(17)24)9-19(23(25,26)27)28-21(20)30/h3-9H,10-11H2,1-2H3,(H,28,30). The molecule has 4 rings (SSSR count). The number of aromatic amines is 1. The Morgan fingerprint density at radius 2 is 1.62 bits per heavy atom. The predicted molar refractivity (Wildman–Crippen MR) is 121 cm³/mol. The lowest BCUT2D eigenvalue weighted by atomic mass is 10.1. The third-order valence-corrected chi connectivity index (χ3v) is 6.85. The Hall–Kier alpha value is -3.11. The zero-order chi connectivity index (χ0) is 24.6. The van der Waals surface area contributed by atoms with Gasteiger partial charge in [-0.1, -0.05) is 35.5 Å². The number of ether oxygens (including phenoxy) is 2. The second kappa shape index (κ2) is 9.27. The summed E-state index contributed by atoms with van der Waals surface area (Å²) >= 11 is 7.00. The summed E-state index contributed by atoms with van der Waals surface area (Å²) in [5, 5.41) is 0.285. The summed E-state index contributed by atoms with van der Waals surface area (Å²) in [5.74, 6) is 0.273. The molecule has 1 N–H and O–H groups in total. The molecule has 0 aliphatic carbocycles. The van der Waals surface area contributed by atoms with Gasteiger partial charge in [-0.3, -0.25) is 9.59 Å². The minimum Gasteiger partial charge on any atom is -0.493 e. The van der Waals surface area contributed by atoms with Gasteiger partial charge < -0.3 is 19.4 Å². The quantitative estimate of drug-likeness (QED) is 0.499. The summed E-state index contributed by atoms with van der Waals surface area (Å²) in [6.45, 7) is 0.316. The summed E-state index contributed by atoms with van der Waals surface area (Å²) in [6, 6.07) is 10.7. The number of benzene rings is 2. The van der Waals surface area contributed by atoms with E-state index in [2.05, 4.69) is 0 Å². The highest BCUT2D eigenvalue weighted by Gasteiger charge is 2.36. The van der Waals surface area contributed by atoms with Crippen LogP contribution in [0.2, 0.25) is 5.02 Å². The number of hydrogen-bond donors (Lipinski definition) is 1. The van der Waals surface area contributed by atoms with E-state index in [4.69, 9.17) is 21.1 Å². The Balaban J connectivity index is 1.75. The van der Waals surface area contributed by atoms with Crippen molar-refractivity contribution in [3.8, 4) is 11.5 Å². The van der Waals surface area contributed by atoms with Crippen LogP contribution in [0.1, 0.15) is 27.2 Å². The van der Waals surface area contributed by atoms with Crippen molar-refractivity contribution in [2.75, 3.05) is 14.2 Å². The van der Waals surface area contributed by atoms with Crippen LogP contribution in [-0.2, 0) is 19.3 Å². The highest BCUT2D eigenvalue weighted by molar-refractivity contribution is 7.99. The van der Waals surface area contributed by atoms with Gasteiger partial charge in [-0.2, -0.15) is 13.2 Å². The minimum absolute atomic E-state index is 0.139. The molecule has 2 heterocycles. The van der Waals surface area contributed by atoms with Gasteiger partial charge in [0.15, 0.2) is 11.5 Å². The van der Waals surface area contributed by atoms with Crippen LogP contribution in [0.4, 0.5) is 13.2 Å². The molecule has 178 valence electrons. The van der Waals surface area contributed by atoms with E-state index >= 15 is 0 Å². The average molecular weight is 511 g/mol. The number of carbonyl (C=O) groups is 1. The van der Waals surface area contributed by atoms with Crippen molar-refractivity contribution < 1.29 is 27.4 Å². The third-order valence-electron chi connectivity index (χ3n) is 5.29. The van der Waals surface area contributed by atoms with Gasteiger partial charge in [-0.15, -0.1) is 0 Å². The molecule has 0 saturated heterocycles. The zero-order valence-electron chi connectivity index (χ0n) is 18.0. The minimum atomic E-state index is -4.80. The molecule has 6 nitrogen and oxygen atoms in total. The molecule has 34 heavy (non-hydrogen) atoms. The number of nitrogens with one attached hydrogen (secondary N) is 1. The SMILES string of the molecule is COc1cc2c(cc1OC)CN(C(=O)c1c(Sc3ccccc3Cl)cc(C(F)(F)F)[nH]c1=O)C2. The van der Waals surface area contributed by atoms with Crippen molar-refractivity contribution in [3.63, 3.8) is 0 Å². The lowest BCUT2D eigenvalue weighted by Crippen LogP contribution is -2.32. The Labute approximate surface area is 201 Å². The number of rotatable bonds is 5. The molecule has 1 aromatic heterocycles. The van der Waals surface area contributed by atoms with Crippen LogP contribution >= 0.6 is 23.4 Å². The number of fused-ring (bicyclic) bond motifs is 1. The summed E-state index contributed by atoms with van der Waals surface area (Å²) < 4.78 is 50.8. The molecule has 2 aromatic carbocycles. The number of H-pyrrole nitrogens is 1. The molecule has 1 aliphatic heterocycles. The van der Waals surface area contributed by atoms with E-state index in [0.717, 1.165) is 29.0 Å². The van der Waals surface area contributed by atoms with Crippen LogP contribution in [-0.4, -0.2) is 30.0 Å². The van der Waals surface area contributed by atoms with Crippen molar-refractivity contribution in [2.45, 2.75) is 29.1 Å². The summed E-state index contributed by atoms with van der Waals surface area (Å²) in [6.07, 6.45) is -4.80. The summed E-state index contributed by atoms with van der Waals surface area (Å²) in [7, 11) is 2.98. The smallest absolute Gasteiger partial charge is 0.431 e. The van der Waals surface area contributed by atoms with Gasteiger partial charge in [-0.05, 0) is 41.5 Å². The first-order chi connectivity index (χ1) is 16.1. The topological polar surface area (TPSA) is 71.6 Å². The van der Waals surface area contributed by atoms with E-state index in [0.29, 0.717) is 16.4 Å². The maximum absolute atomic E-state index is 13.4. The van der Waals surface area contributed by atoms with Crippen molar-refractivity contribution in [1.82, 2.24) is 9.88 Å². The Morgan fingerprint density at radius 3 is 2.15 bits per heavy atom. The maximum Gasteiger partial charge on any atom is 0.431 e. The monoisotopic (exact) mass is 510 g/mol. The summed E-state index contributed by atoms with van der Waals surface area (Å²) in [5.41, 5.74) is -1.18. The van der Waals surface area contributed by atoms with Crippen LogP contribution < -0.4 is 15.0 Å². The molecule has 0 radical (unpaired) electrons. The Morgan fingerprint density at radius 1 is 1.03 bits per heavy atom. The van der Waals surface area contributed by atoms with E-state index in [-0.39, 0.29) is 28.6 Å². The Bertz CT molecular complexity index is 1290. The molecule has 0 bridgehead atoms. The van der Waals surface area contributed by atoms with Crippen molar-refractivity contribution in [2.24, 2.45) is 0 Å². The largest absolute Gasteiger partial charge is 0.493 e. The molecule has 1 amide bonds. The van der Waals surface area contributed by atoms with E-state index in [1.54, 1.807) is 41.4 Å². The lowest BCUT2D eigenvalue weighted by molar-refractivity contribution is -0.141. The average Bonchev–Trinajstić information content (AvgIpc) is 3.21. The second-order valence-corrected chi connectivity index (χ2v) is 8.91. The van der Waals surface area contributed by atoms with Crippen LogP contribution in [0, 0.1) is 0 Å². The Kier molecular flexibility index (Phi) is 6.55. The van der Waals surface area contributed by atoms with Gasteiger partial charge in [0.2, 0.25) is 0 Å². The fourth-order valence-electron chi connectivity index (χ4n) is 3.64. The van der Waals surface area contributed by atoms with Gasteiger partial charge in [-0.25, -0.2) is 0 Å². The van der Waals surface area contributed by atoms with Gasteiger partial charge in [0.25, 0.3) is 11.5 Å². The molecule has 0 spiro atoms. The van der Waals surface area contributed by atoms with E-state index < -0.39 is 23.3 Å². The number of halogens is 4. The van der Waals surface area contributed by atoms with Gasteiger partial charge >= 0.3 is 6.18 Å². The van der Waals surface area contributed by atoms with Crippen LogP contribution in [0.3, 0.4) is 0 Å². The first kappa shape index (κ1) is 24.0. The highest BCUT2D eigenvalue weighted by atomic mass is 35.5. The van der Waals surface area contributed by atoms with E-state index in [1.807, 2.05) is 0 Å². The summed E-state index contributed by atoms with van der Waals surface area (Å²) in [4.78, 5) is 29.6. The van der Waals surface area contributed by atoms with Gasteiger partial charge in [0.05, 0.1) is 19.2 Å².